The van der Waals surface area contributed by atoms with Crippen LogP contribution in [0.2, 0.25) is 0 Å². The molecule has 0 spiro atoms. The number of fused-ring (bicyclic) bond motifs is 1. The van der Waals surface area contributed by atoms with Crippen LogP contribution < -0.4 is 0 Å². The highest BCUT2D eigenvalue weighted by atomic mass is 16.2. The van der Waals surface area contributed by atoms with Gasteiger partial charge in [-0.1, -0.05) is 0 Å². The second kappa shape index (κ2) is 5.76. The van der Waals surface area contributed by atoms with E-state index in [1.165, 1.54) is 18.4 Å². The zero-order valence-electron chi connectivity index (χ0n) is 13.4. The van der Waals surface area contributed by atoms with Crippen LogP contribution in [0.15, 0.2) is 18.7 Å². The van der Waals surface area contributed by atoms with Gasteiger partial charge in [0.15, 0.2) is 0 Å². The van der Waals surface area contributed by atoms with E-state index in [1.54, 1.807) is 11.0 Å². The van der Waals surface area contributed by atoms with Crippen molar-refractivity contribution in [1.29, 1.82) is 0 Å². The average Bonchev–Trinajstić information content (AvgIpc) is 3.29. The van der Waals surface area contributed by atoms with Crippen LogP contribution in [0, 0.1) is 5.92 Å². The highest BCUT2D eigenvalue weighted by Crippen LogP contribution is 2.33. The van der Waals surface area contributed by atoms with E-state index in [0.717, 1.165) is 49.3 Å². The third-order valence-electron chi connectivity index (χ3n) is 4.78. The summed E-state index contributed by atoms with van der Waals surface area (Å²) in [6, 6.07) is 0. The monoisotopic (exact) mass is 311 g/mol. The smallest absolute Gasteiger partial charge is 0.222 e. The molecule has 0 bridgehead atoms. The van der Waals surface area contributed by atoms with Crippen LogP contribution in [-0.4, -0.2) is 43.6 Å². The molecule has 1 aliphatic heterocycles. The highest BCUT2D eigenvalue weighted by Gasteiger charge is 2.28. The van der Waals surface area contributed by atoms with Crippen LogP contribution in [0.5, 0.6) is 0 Å². The first-order valence-electron chi connectivity index (χ1n) is 8.30. The van der Waals surface area contributed by atoms with Crippen molar-refractivity contribution in [2.45, 2.75) is 32.1 Å². The Morgan fingerprint density at radius 3 is 2.83 bits per heavy atom. The Labute approximate surface area is 135 Å². The molecule has 2 aliphatic rings. The van der Waals surface area contributed by atoms with Crippen LogP contribution in [0.4, 0.5) is 0 Å². The number of nitrogens with zero attached hydrogens (tertiary/aromatic N) is 5. The number of carbonyl (C=O) groups is 1. The van der Waals surface area contributed by atoms with Gasteiger partial charge in [-0.25, -0.2) is 9.97 Å². The molecule has 1 aliphatic carbocycles. The van der Waals surface area contributed by atoms with E-state index >= 15 is 0 Å². The summed E-state index contributed by atoms with van der Waals surface area (Å²) >= 11 is 0. The fourth-order valence-electron chi connectivity index (χ4n) is 3.27. The van der Waals surface area contributed by atoms with Gasteiger partial charge >= 0.3 is 0 Å². The van der Waals surface area contributed by atoms with Crippen molar-refractivity contribution in [3.8, 4) is 11.3 Å². The molecule has 2 aromatic heterocycles. The molecule has 6 heteroatoms. The lowest BCUT2D eigenvalue weighted by Gasteiger charge is -2.20. The molecular weight excluding hydrogens is 290 g/mol. The summed E-state index contributed by atoms with van der Waals surface area (Å²) in [6.45, 7) is 1.53. The number of hydrogen-bond donors (Lipinski definition) is 0. The predicted octanol–water partition coefficient (Wildman–Crippen LogP) is 1.60. The molecule has 4 rings (SSSR count). The minimum absolute atomic E-state index is 0.302. The maximum absolute atomic E-state index is 12.4. The van der Waals surface area contributed by atoms with Gasteiger partial charge in [0.1, 0.15) is 6.33 Å². The van der Waals surface area contributed by atoms with E-state index < -0.39 is 0 Å². The maximum atomic E-state index is 12.4. The first-order valence-corrected chi connectivity index (χ1v) is 8.30. The summed E-state index contributed by atoms with van der Waals surface area (Å²) in [5.74, 6) is 0.940. The van der Waals surface area contributed by atoms with Gasteiger partial charge < -0.3 is 4.90 Å². The summed E-state index contributed by atoms with van der Waals surface area (Å²) in [5, 5.41) is 4.24. The summed E-state index contributed by atoms with van der Waals surface area (Å²) in [4.78, 5) is 23.3. The molecule has 23 heavy (non-hydrogen) atoms. The van der Waals surface area contributed by atoms with Crippen molar-refractivity contribution >= 4 is 5.91 Å². The molecular formula is C17H21N5O. The quantitative estimate of drug-likeness (QED) is 0.864. The molecule has 6 nitrogen and oxygen atoms in total. The number of amides is 1. The van der Waals surface area contributed by atoms with Gasteiger partial charge in [-0.2, -0.15) is 5.10 Å². The molecule has 1 amide bonds. The topological polar surface area (TPSA) is 63.9 Å². The van der Waals surface area contributed by atoms with Crippen LogP contribution in [-0.2, 0) is 24.7 Å². The summed E-state index contributed by atoms with van der Waals surface area (Å²) in [7, 11) is 1.90. The van der Waals surface area contributed by atoms with E-state index in [1.807, 2.05) is 24.3 Å². The van der Waals surface area contributed by atoms with Crippen molar-refractivity contribution in [3.05, 3.63) is 30.0 Å². The molecule has 0 saturated heterocycles. The second-order valence-electron chi connectivity index (χ2n) is 6.58. The minimum atomic E-state index is 0.302. The van der Waals surface area contributed by atoms with Gasteiger partial charge in [0, 0.05) is 56.0 Å². The standard InChI is InChI=1S/C17H21N5O/c1-21-10-13(9-20-21)17-14-4-6-22(16(23)8-12-2-3-12)7-5-15(14)18-11-19-17/h9-12H,2-8H2,1H3. The van der Waals surface area contributed by atoms with Gasteiger partial charge in [0.05, 0.1) is 11.9 Å². The zero-order chi connectivity index (χ0) is 15.8. The number of hydrogen-bond acceptors (Lipinski definition) is 4. The van der Waals surface area contributed by atoms with Crippen molar-refractivity contribution in [1.82, 2.24) is 24.6 Å². The molecule has 0 radical (unpaired) electrons. The molecule has 0 aromatic carbocycles. The van der Waals surface area contributed by atoms with Crippen LogP contribution in [0.25, 0.3) is 11.3 Å². The zero-order valence-corrected chi connectivity index (χ0v) is 13.4. The average molecular weight is 311 g/mol. The fourth-order valence-corrected chi connectivity index (χ4v) is 3.27. The Morgan fingerprint density at radius 1 is 1.26 bits per heavy atom. The van der Waals surface area contributed by atoms with Crippen LogP contribution >= 0.6 is 0 Å². The van der Waals surface area contributed by atoms with Gasteiger partial charge in [-0.3, -0.25) is 9.48 Å². The van der Waals surface area contributed by atoms with Crippen molar-refractivity contribution in [2.24, 2.45) is 13.0 Å². The molecule has 1 saturated carbocycles. The molecule has 3 heterocycles. The highest BCUT2D eigenvalue weighted by molar-refractivity contribution is 5.77. The third-order valence-corrected chi connectivity index (χ3v) is 4.78. The first-order chi connectivity index (χ1) is 11.2. The molecule has 0 atom stereocenters. The molecule has 2 aromatic rings. The third kappa shape index (κ3) is 2.98. The van der Waals surface area contributed by atoms with Gasteiger partial charge in [-0.05, 0) is 25.2 Å². The number of aromatic nitrogens is 4. The van der Waals surface area contributed by atoms with Crippen molar-refractivity contribution < 1.29 is 4.79 Å². The van der Waals surface area contributed by atoms with Crippen molar-refractivity contribution in [2.75, 3.05) is 13.1 Å². The van der Waals surface area contributed by atoms with E-state index in [9.17, 15) is 4.79 Å². The van der Waals surface area contributed by atoms with Gasteiger partial charge in [-0.15, -0.1) is 0 Å². The normalized spacial score (nSPS) is 17.7. The second-order valence-corrected chi connectivity index (χ2v) is 6.58. The number of rotatable bonds is 3. The molecule has 120 valence electrons. The Balaban J connectivity index is 1.57. The van der Waals surface area contributed by atoms with Gasteiger partial charge in [0.25, 0.3) is 0 Å². The molecule has 0 N–H and O–H groups in total. The van der Waals surface area contributed by atoms with E-state index in [-0.39, 0.29) is 0 Å². The van der Waals surface area contributed by atoms with Crippen LogP contribution in [0.1, 0.15) is 30.5 Å². The van der Waals surface area contributed by atoms with Crippen molar-refractivity contribution in [3.63, 3.8) is 0 Å². The Kier molecular flexibility index (Phi) is 3.59. The van der Waals surface area contributed by atoms with E-state index in [2.05, 4.69) is 15.1 Å². The number of carbonyl (C=O) groups excluding carboxylic acids is 1. The largest absolute Gasteiger partial charge is 0.342 e. The Hall–Kier alpha value is -2.24. The summed E-state index contributed by atoms with van der Waals surface area (Å²) < 4.78 is 1.78. The first kappa shape index (κ1) is 14.4. The number of aryl methyl sites for hydroxylation is 1. The lowest BCUT2D eigenvalue weighted by atomic mass is 10.0. The predicted molar refractivity (Wildman–Crippen MR) is 85.6 cm³/mol. The maximum Gasteiger partial charge on any atom is 0.222 e. The molecule has 0 unspecified atom stereocenters. The van der Waals surface area contributed by atoms with E-state index in [0.29, 0.717) is 11.8 Å². The minimum Gasteiger partial charge on any atom is -0.342 e. The van der Waals surface area contributed by atoms with Gasteiger partial charge in [0.2, 0.25) is 5.91 Å². The van der Waals surface area contributed by atoms with E-state index in [4.69, 9.17) is 0 Å². The molecule has 1 fully saturated rings. The lowest BCUT2D eigenvalue weighted by molar-refractivity contribution is -0.131. The fraction of sp³-hybridized carbons (Fsp3) is 0.529. The lowest BCUT2D eigenvalue weighted by Crippen LogP contribution is -2.33. The Morgan fingerprint density at radius 2 is 2.09 bits per heavy atom. The van der Waals surface area contributed by atoms with Crippen LogP contribution in [0.3, 0.4) is 0 Å². The SMILES string of the molecule is Cn1cc(-c2ncnc3c2CCN(C(=O)CC2CC2)CC3)cn1. The summed E-state index contributed by atoms with van der Waals surface area (Å²) in [5.41, 5.74) is 4.21. The summed E-state index contributed by atoms with van der Waals surface area (Å²) in [6.07, 6.45) is 10.2. The Bertz CT molecular complexity index is 734.